The van der Waals surface area contributed by atoms with E-state index in [1.165, 1.54) is 35.7 Å². The maximum absolute atomic E-state index is 13.1. The normalized spacial score (nSPS) is 19.9. The van der Waals surface area contributed by atoms with E-state index in [1.807, 2.05) is 0 Å². The second-order valence-corrected chi connectivity index (χ2v) is 10.5. The summed E-state index contributed by atoms with van der Waals surface area (Å²) in [6, 6.07) is 4.62. The number of hydrogen-bond donors (Lipinski definition) is 0. The zero-order valence-electron chi connectivity index (χ0n) is 16.7. The molecule has 0 atom stereocenters. The van der Waals surface area contributed by atoms with E-state index in [4.69, 9.17) is 11.6 Å². The first-order chi connectivity index (χ1) is 13.4. The summed E-state index contributed by atoms with van der Waals surface area (Å²) >= 11 is 6.25. The fourth-order valence-corrected chi connectivity index (χ4v) is 6.33. The van der Waals surface area contributed by atoms with Gasteiger partial charge < -0.3 is 4.90 Å². The maximum atomic E-state index is 13.1. The smallest absolute Gasteiger partial charge is 0.253 e. The van der Waals surface area contributed by atoms with Gasteiger partial charge in [-0.25, -0.2) is 8.42 Å². The van der Waals surface area contributed by atoms with Crippen molar-refractivity contribution in [3.63, 3.8) is 0 Å². The molecular weight excluding hydrogens is 396 g/mol. The lowest BCUT2D eigenvalue weighted by molar-refractivity contribution is 0.0760. The maximum Gasteiger partial charge on any atom is 0.253 e. The van der Waals surface area contributed by atoms with Gasteiger partial charge in [0.15, 0.2) is 0 Å². The molecule has 0 bridgehead atoms. The molecule has 28 heavy (non-hydrogen) atoms. The minimum Gasteiger partial charge on any atom is -0.341 e. The van der Waals surface area contributed by atoms with Crippen LogP contribution >= 0.6 is 11.6 Å². The molecule has 1 amide bonds. The fourth-order valence-electron chi connectivity index (χ4n) is 4.32. The van der Waals surface area contributed by atoms with Gasteiger partial charge in [0.05, 0.1) is 5.02 Å². The van der Waals surface area contributed by atoms with Gasteiger partial charge in [0.1, 0.15) is 4.90 Å². The first-order valence-corrected chi connectivity index (χ1v) is 12.3. The van der Waals surface area contributed by atoms with Gasteiger partial charge in [0, 0.05) is 32.2 Å². The van der Waals surface area contributed by atoms with Crippen molar-refractivity contribution in [3.05, 3.63) is 28.8 Å². The number of halogens is 1. The lowest BCUT2D eigenvalue weighted by Gasteiger charge is -2.27. The average molecular weight is 427 g/mol. The highest BCUT2D eigenvalue weighted by Crippen LogP contribution is 2.29. The molecule has 2 aliphatic rings. The topological polar surface area (TPSA) is 57.7 Å². The van der Waals surface area contributed by atoms with E-state index < -0.39 is 10.0 Å². The van der Waals surface area contributed by atoms with Gasteiger partial charge in [0.25, 0.3) is 5.91 Å². The largest absolute Gasteiger partial charge is 0.341 e. The Kier molecular flexibility index (Phi) is 7.40. The summed E-state index contributed by atoms with van der Waals surface area (Å²) in [5, 5.41) is 0.177. The standard InChI is InChI=1S/C21H31ClN2O3S/c1-23(16-17-9-5-4-6-10-17)21(25)18-11-12-19(22)20(15-18)28(26,27)24-13-7-2-3-8-14-24/h11-12,15,17H,2-10,13-14,16H2,1H3. The predicted octanol–water partition coefficient (Wildman–Crippen LogP) is 4.56. The molecular formula is C21H31ClN2O3S. The van der Waals surface area contributed by atoms with Crippen molar-refractivity contribution in [1.29, 1.82) is 0 Å². The number of nitrogens with zero attached hydrogens (tertiary/aromatic N) is 2. The molecule has 1 aliphatic carbocycles. The van der Waals surface area contributed by atoms with E-state index >= 15 is 0 Å². The quantitative estimate of drug-likeness (QED) is 0.693. The van der Waals surface area contributed by atoms with Gasteiger partial charge in [-0.3, -0.25) is 4.79 Å². The average Bonchev–Trinajstić information content (AvgIpc) is 2.98. The van der Waals surface area contributed by atoms with Gasteiger partial charge >= 0.3 is 0 Å². The van der Waals surface area contributed by atoms with Gasteiger partial charge in [-0.1, -0.05) is 43.7 Å². The lowest BCUT2D eigenvalue weighted by Crippen LogP contribution is -2.34. The summed E-state index contributed by atoms with van der Waals surface area (Å²) < 4.78 is 27.8. The number of sulfonamides is 1. The molecule has 1 saturated heterocycles. The van der Waals surface area contributed by atoms with E-state index in [2.05, 4.69) is 0 Å². The number of carbonyl (C=O) groups is 1. The van der Waals surface area contributed by atoms with E-state index in [0.29, 0.717) is 24.6 Å². The Bertz CT molecular complexity index is 783. The number of benzene rings is 1. The van der Waals surface area contributed by atoms with Crippen molar-refractivity contribution >= 4 is 27.5 Å². The van der Waals surface area contributed by atoms with E-state index in [9.17, 15) is 13.2 Å². The van der Waals surface area contributed by atoms with Crippen LogP contribution in [-0.2, 0) is 10.0 Å². The molecule has 1 aromatic carbocycles. The van der Waals surface area contributed by atoms with Crippen molar-refractivity contribution in [1.82, 2.24) is 9.21 Å². The zero-order valence-corrected chi connectivity index (χ0v) is 18.3. The molecule has 1 heterocycles. The summed E-state index contributed by atoms with van der Waals surface area (Å²) in [6.45, 7) is 1.74. The Morgan fingerprint density at radius 1 is 1.07 bits per heavy atom. The molecule has 156 valence electrons. The molecule has 0 aromatic heterocycles. The summed E-state index contributed by atoms with van der Waals surface area (Å²) in [5.41, 5.74) is 0.385. The molecule has 0 N–H and O–H groups in total. The molecule has 2 fully saturated rings. The van der Waals surface area contributed by atoms with Gasteiger partial charge in [-0.15, -0.1) is 0 Å². The van der Waals surface area contributed by atoms with Gasteiger partial charge in [0.2, 0.25) is 10.0 Å². The molecule has 0 spiro atoms. The van der Waals surface area contributed by atoms with Crippen LogP contribution in [0.3, 0.4) is 0 Å². The van der Waals surface area contributed by atoms with Crippen molar-refractivity contribution in [2.75, 3.05) is 26.7 Å². The van der Waals surface area contributed by atoms with Crippen LogP contribution in [0.15, 0.2) is 23.1 Å². The van der Waals surface area contributed by atoms with Crippen molar-refractivity contribution < 1.29 is 13.2 Å². The Hall–Kier alpha value is -1.11. The van der Waals surface area contributed by atoms with Crippen LogP contribution in [0.25, 0.3) is 0 Å². The van der Waals surface area contributed by atoms with E-state index in [1.54, 1.807) is 18.0 Å². The first kappa shape index (κ1) is 21.6. The van der Waals surface area contributed by atoms with Crippen LogP contribution in [-0.4, -0.2) is 50.2 Å². The molecule has 1 saturated carbocycles. The first-order valence-electron chi connectivity index (χ1n) is 10.4. The molecule has 1 aliphatic heterocycles. The van der Waals surface area contributed by atoms with Crippen molar-refractivity contribution in [2.45, 2.75) is 62.7 Å². The van der Waals surface area contributed by atoms with Gasteiger partial charge in [-0.2, -0.15) is 4.31 Å². The van der Waals surface area contributed by atoms with E-state index in [0.717, 1.165) is 45.1 Å². The molecule has 0 radical (unpaired) electrons. The molecule has 1 aromatic rings. The summed E-state index contributed by atoms with van der Waals surface area (Å²) in [5.74, 6) is 0.393. The van der Waals surface area contributed by atoms with Crippen LogP contribution < -0.4 is 0 Å². The van der Waals surface area contributed by atoms with E-state index in [-0.39, 0.29) is 15.8 Å². The highest BCUT2D eigenvalue weighted by molar-refractivity contribution is 7.89. The molecule has 0 unspecified atom stereocenters. The minimum atomic E-state index is -3.69. The Morgan fingerprint density at radius 2 is 1.68 bits per heavy atom. The van der Waals surface area contributed by atoms with Crippen molar-refractivity contribution in [2.24, 2.45) is 5.92 Å². The molecule has 5 nitrogen and oxygen atoms in total. The zero-order chi connectivity index (χ0) is 20.1. The SMILES string of the molecule is CN(CC1CCCCC1)C(=O)c1ccc(Cl)c(S(=O)(=O)N2CCCCCC2)c1. The lowest BCUT2D eigenvalue weighted by atomic mass is 9.89. The van der Waals surface area contributed by atoms with Crippen LogP contribution in [0.1, 0.15) is 68.1 Å². The number of rotatable bonds is 5. The number of carbonyl (C=O) groups excluding carboxylic acids is 1. The molecule has 3 rings (SSSR count). The Balaban J connectivity index is 1.79. The molecule has 7 heteroatoms. The second-order valence-electron chi connectivity index (χ2n) is 8.15. The number of amides is 1. The van der Waals surface area contributed by atoms with Crippen molar-refractivity contribution in [3.8, 4) is 0 Å². The third kappa shape index (κ3) is 5.08. The van der Waals surface area contributed by atoms with Crippen LogP contribution in [0.5, 0.6) is 0 Å². The Morgan fingerprint density at radius 3 is 2.32 bits per heavy atom. The monoisotopic (exact) mass is 426 g/mol. The summed E-state index contributed by atoms with van der Waals surface area (Å²) in [6.07, 6.45) is 9.87. The second kappa shape index (κ2) is 9.59. The van der Waals surface area contributed by atoms with Crippen LogP contribution in [0, 0.1) is 5.92 Å². The minimum absolute atomic E-state index is 0.0491. The predicted molar refractivity (Wildman–Crippen MR) is 112 cm³/mol. The third-order valence-corrected chi connectivity index (χ3v) is 8.34. The highest BCUT2D eigenvalue weighted by atomic mass is 35.5. The van der Waals surface area contributed by atoms with Gasteiger partial charge in [-0.05, 0) is 49.8 Å². The number of hydrogen-bond acceptors (Lipinski definition) is 3. The summed E-state index contributed by atoms with van der Waals surface area (Å²) in [7, 11) is -1.89. The summed E-state index contributed by atoms with van der Waals surface area (Å²) in [4.78, 5) is 14.7. The highest BCUT2D eigenvalue weighted by Gasteiger charge is 2.29. The van der Waals surface area contributed by atoms with Crippen LogP contribution in [0.2, 0.25) is 5.02 Å². The third-order valence-electron chi connectivity index (χ3n) is 5.96. The Labute approximate surface area is 174 Å². The fraction of sp³-hybridized carbons (Fsp3) is 0.667. The van der Waals surface area contributed by atoms with Crippen LogP contribution in [0.4, 0.5) is 0 Å².